The van der Waals surface area contributed by atoms with Crippen LogP contribution in [-0.4, -0.2) is 18.5 Å². The van der Waals surface area contributed by atoms with Gasteiger partial charge in [0.2, 0.25) is 0 Å². The molecular formula is C18H32PS+. The van der Waals surface area contributed by atoms with Crippen LogP contribution in [-0.2, 0) is 0 Å². The third-order valence-corrected chi connectivity index (χ3v) is 11.5. The fourth-order valence-corrected chi connectivity index (χ4v) is 10.6. The molecule has 0 unspecified atom stereocenters. The van der Waals surface area contributed by atoms with Crippen molar-refractivity contribution in [2.45, 2.75) is 64.2 Å². The highest BCUT2D eigenvalue weighted by atomic mass is 32.7. The van der Waals surface area contributed by atoms with Gasteiger partial charge < -0.3 is 0 Å². The second-order valence-corrected chi connectivity index (χ2v) is 12.7. The third-order valence-electron chi connectivity index (χ3n) is 3.80. The van der Waals surface area contributed by atoms with E-state index in [4.69, 9.17) is 0 Å². The van der Waals surface area contributed by atoms with Crippen molar-refractivity contribution in [3.63, 3.8) is 0 Å². The predicted octanol–water partition coefficient (Wildman–Crippen LogP) is 7.11. The molecule has 0 heterocycles. The van der Waals surface area contributed by atoms with Crippen LogP contribution in [0.25, 0.3) is 0 Å². The van der Waals surface area contributed by atoms with Crippen LogP contribution in [0.2, 0.25) is 0 Å². The molecule has 0 aromatic heterocycles. The normalized spacial score (nSPS) is 11.8. The molecule has 0 saturated heterocycles. The number of benzene rings is 1. The van der Waals surface area contributed by atoms with Gasteiger partial charge in [-0.2, -0.15) is 0 Å². The maximum Gasteiger partial charge on any atom is 0.0792 e. The second kappa shape index (κ2) is 10.7. The van der Waals surface area contributed by atoms with Crippen LogP contribution in [0.5, 0.6) is 0 Å². The van der Waals surface area contributed by atoms with E-state index in [1.165, 1.54) is 61.9 Å². The van der Waals surface area contributed by atoms with E-state index in [-0.39, 0.29) is 0 Å². The molecule has 0 bridgehead atoms. The second-order valence-electron chi connectivity index (χ2n) is 5.69. The number of rotatable bonds is 11. The molecule has 114 valence electrons. The molecule has 0 radical (unpaired) electrons. The minimum atomic E-state index is -0.851. The summed E-state index contributed by atoms with van der Waals surface area (Å²) in [6.45, 7) is 6.15. The van der Waals surface area contributed by atoms with Crippen LogP contribution >= 0.6 is 17.8 Å². The zero-order valence-electron chi connectivity index (χ0n) is 13.6. The van der Waals surface area contributed by atoms with Crippen molar-refractivity contribution in [1.29, 1.82) is 0 Å². The average molecular weight is 311 g/mol. The van der Waals surface area contributed by atoms with E-state index in [1.54, 1.807) is 0 Å². The Kier molecular flexibility index (Phi) is 9.65. The van der Waals surface area contributed by atoms with Gasteiger partial charge in [0.15, 0.2) is 0 Å². The summed E-state index contributed by atoms with van der Waals surface area (Å²) in [6.07, 6.45) is 12.7. The summed E-state index contributed by atoms with van der Waals surface area (Å²) in [6, 6.07) is 11.1. The van der Waals surface area contributed by atoms with Gasteiger partial charge in [0.1, 0.15) is 0 Å². The Balaban J connectivity index is 2.81. The molecule has 1 aromatic rings. The van der Waals surface area contributed by atoms with Crippen LogP contribution in [0.1, 0.15) is 59.3 Å². The summed E-state index contributed by atoms with van der Waals surface area (Å²) in [4.78, 5) is 1.50. The van der Waals surface area contributed by atoms with Crippen molar-refractivity contribution >= 4 is 17.8 Å². The van der Waals surface area contributed by atoms with Crippen molar-refractivity contribution in [2.24, 2.45) is 0 Å². The summed E-state index contributed by atoms with van der Waals surface area (Å²) in [5.74, 6) is 0. The Labute approximate surface area is 131 Å². The van der Waals surface area contributed by atoms with Gasteiger partial charge in [-0.3, -0.25) is 0 Å². The van der Waals surface area contributed by atoms with E-state index in [1.807, 2.05) is 0 Å². The molecule has 0 nitrogen and oxygen atoms in total. The lowest BCUT2D eigenvalue weighted by atomic mass is 10.4. The Morgan fingerprint density at radius 3 is 1.60 bits per heavy atom. The monoisotopic (exact) mass is 311 g/mol. The molecule has 0 aliphatic rings. The van der Waals surface area contributed by atoms with Crippen LogP contribution in [0, 0.1) is 0 Å². The van der Waals surface area contributed by atoms with Crippen molar-refractivity contribution < 1.29 is 0 Å². The third kappa shape index (κ3) is 6.64. The predicted molar refractivity (Wildman–Crippen MR) is 98.5 cm³/mol. The van der Waals surface area contributed by atoms with E-state index >= 15 is 0 Å². The van der Waals surface area contributed by atoms with Gasteiger partial charge in [-0.05, 0) is 31.4 Å². The van der Waals surface area contributed by atoms with Crippen LogP contribution < -0.4 is 0 Å². The van der Waals surface area contributed by atoms with Gasteiger partial charge in [0.05, 0.1) is 36.3 Å². The molecule has 0 N–H and O–H groups in total. The zero-order chi connectivity index (χ0) is 14.7. The molecule has 0 atom stereocenters. The molecule has 1 rings (SSSR count). The van der Waals surface area contributed by atoms with E-state index < -0.39 is 6.46 Å². The first-order valence-electron chi connectivity index (χ1n) is 8.37. The number of unbranched alkanes of at least 4 members (excludes halogenated alkanes) is 3. The van der Waals surface area contributed by atoms with E-state index in [0.29, 0.717) is 0 Å². The summed E-state index contributed by atoms with van der Waals surface area (Å²) in [5.41, 5.74) is 0. The van der Waals surface area contributed by atoms with Crippen LogP contribution in [0.3, 0.4) is 0 Å². The first-order chi connectivity index (χ1) is 9.76. The zero-order valence-corrected chi connectivity index (χ0v) is 15.3. The molecule has 0 aliphatic heterocycles. The topological polar surface area (TPSA) is 0 Å². The smallest absolute Gasteiger partial charge is 0.0652 e. The van der Waals surface area contributed by atoms with Gasteiger partial charge in [-0.1, -0.05) is 58.2 Å². The molecular weight excluding hydrogens is 279 g/mol. The summed E-state index contributed by atoms with van der Waals surface area (Å²) >= 11 is 2.27. The van der Waals surface area contributed by atoms with E-state index in [9.17, 15) is 0 Å². The van der Waals surface area contributed by atoms with Gasteiger partial charge in [-0.25, -0.2) is 0 Å². The van der Waals surface area contributed by atoms with Crippen molar-refractivity contribution in [3.05, 3.63) is 30.3 Å². The Morgan fingerprint density at radius 2 is 1.20 bits per heavy atom. The lowest BCUT2D eigenvalue weighted by molar-refractivity contribution is 0.844. The van der Waals surface area contributed by atoms with Gasteiger partial charge in [-0.15, -0.1) is 0 Å². The molecule has 20 heavy (non-hydrogen) atoms. The Bertz CT molecular complexity index is 315. The molecule has 2 heteroatoms. The highest BCUT2D eigenvalue weighted by molar-refractivity contribution is 8.62. The first kappa shape index (κ1) is 18.1. The highest BCUT2D eigenvalue weighted by Gasteiger charge is 2.37. The summed E-state index contributed by atoms with van der Waals surface area (Å²) in [5, 5.41) is 0. The van der Waals surface area contributed by atoms with Gasteiger partial charge in [0.25, 0.3) is 0 Å². The van der Waals surface area contributed by atoms with Gasteiger partial charge >= 0.3 is 0 Å². The highest BCUT2D eigenvalue weighted by Crippen LogP contribution is 2.73. The van der Waals surface area contributed by atoms with Crippen molar-refractivity contribution in [2.75, 3.05) is 18.5 Å². The summed E-state index contributed by atoms with van der Waals surface area (Å²) in [7, 11) is 0. The minimum absolute atomic E-state index is 0.851. The molecule has 0 amide bonds. The number of hydrogen-bond donors (Lipinski definition) is 0. The number of hydrogen-bond acceptors (Lipinski definition) is 1. The minimum Gasteiger partial charge on any atom is -0.0652 e. The summed E-state index contributed by atoms with van der Waals surface area (Å²) < 4.78 is 0. The lowest BCUT2D eigenvalue weighted by Crippen LogP contribution is -2.05. The SMILES string of the molecule is CCCC[P+](CCCC)(CCCC)Sc1ccccc1. The van der Waals surface area contributed by atoms with Gasteiger partial charge in [0, 0.05) is 4.90 Å². The fraction of sp³-hybridized carbons (Fsp3) is 0.667. The Hall–Kier alpha value is 0. The van der Waals surface area contributed by atoms with Crippen LogP contribution in [0.4, 0.5) is 0 Å². The average Bonchev–Trinajstić information content (AvgIpc) is 2.49. The molecule has 0 fully saturated rings. The quantitative estimate of drug-likeness (QED) is 0.392. The maximum absolute atomic E-state index is 2.33. The van der Waals surface area contributed by atoms with Crippen molar-refractivity contribution in [1.82, 2.24) is 0 Å². The standard InChI is InChI=1S/C18H32PS/c1-4-7-15-19(16-8-5-2,17-9-6-3)20-18-13-11-10-12-14-18/h10-14H,4-9,15-17H2,1-3H3/q+1. The fourth-order valence-electron chi connectivity index (χ4n) is 2.52. The van der Waals surface area contributed by atoms with E-state index in [0.717, 1.165) is 0 Å². The molecule has 0 saturated carbocycles. The maximum atomic E-state index is 2.33. The van der Waals surface area contributed by atoms with E-state index in [2.05, 4.69) is 62.5 Å². The largest absolute Gasteiger partial charge is 0.0792 e. The molecule has 0 aliphatic carbocycles. The lowest BCUT2D eigenvalue weighted by Gasteiger charge is -2.26. The Morgan fingerprint density at radius 1 is 0.750 bits per heavy atom. The molecule has 1 aromatic carbocycles. The van der Waals surface area contributed by atoms with Crippen LogP contribution in [0.15, 0.2) is 35.2 Å². The first-order valence-corrected chi connectivity index (χ1v) is 12.1. The molecule has 0 spiro atoms. The van der Waals surface area contributed by atoms with Crippen molar-refractivity contribution in [3.8, 4) is 0 Å².